The summed E-state index contributed by atoms with van der Waals surface area (Å²) in [6.07, 6.45) is 6.02. The fourth-order valence-corrected chi connectivity index (χ4v) is 3.13. The van der Waals surface area contributed by atoms with Crippen LogP contribution in [-0.2, 0) is 6.42 Å². The van der Waals surface area contributed by atoms with Crippen molar-refractivity contribution in [3.05, 3.63) is 35.4 Å². The Kier molecular flexibility index (Phi) is 5.32. The van der Waals surface area contributed by atoms with E-state index in [0.29, 0.717) is 5.92 Å². The van der Waals surface area contributed by atoms with Gasteiger partial charge in [-0.3, -0.25) is 0 Å². The minimum absolute atomic E-state index is 0.535. The van der Waals surface area contributed by atoms with Crippen molar-refractivity contribution in [1.82, 2.24) is 5.32 Å². The molecule has 106 valence electrons. The molecule has 1 aliphatic carbocycles. The second-order valence-corrected chi connectivity index (χ2v) is 5.56. The van der Waals surface area contributed by atoms with Crippen LogP contribution in [0.4, 0.5) is 8.78 Å². The smallest absolute Gasteiger partial charge is 0.159 e. The van der Waals surface area contributed by atoms with Gasteiger partial charge in [0.25, 0.3) is 0 Å². The molecule has 1 aliphatic rings. The summed E-state index contributed by atoms with van der Waals surface area (Å²) in [6, 6.07) is 4.30. The van der Waals surface area contributed by atoms with Crippen molar-refractivity contribution in [2.45, 2.75) is 39.0 Å². The first-order chi connectivity index (χ1) is 9.20. The van der Waals surface area contributed by atoms with Crippen LogP contribution in [-0.4, -0.2) is 13.1 Å². The predicted octanol–water partition coefficient (Wildman–Crippen LogP) is 3.92. The Labute approximate surface area is 114 Å². The second kappa shape index (κ2) is 6.99. The van der Waals surface area contributed by atoms with E-state index in [-0.39, 0.29) is 0 Å². The molecule has 0 saturated heterocycles. The molecule has 0 aromatic heterocycles. The topological polar surface area (TPSA) is 12.0 Å². The summed E-state index contributed by atoms with van der Waals surface area (Å²) in [5, 5.41) is 3.40. The molecule has 19 heavy (non-hydrogen) atoms. The molecule has 1 nitrogen and oxygen atoms in total. The number of nitrogens with one attached hydrogen (secondary N) is 1. The van der Waals surface area contributed by atoms with Gasteiger partial charge in [0.1, 0.15) is 0 Å². The highest BCUT2D eigenvalue weighted by Crippen LogP contribution is 2.33. The molecule has 1 atom stereocenters. The molecule has 0 heterocycles. The number of hydrogen-bond acceptors (Lipinski definition) is 1. The average Bonchev–Trinajstić information content (AvgIpc) is 2.92. The zero-order valence-electron chi connectivity index (χ0n) is 11.6. The van der Waals surface area contributed by atoms with E-state index >= 15 is 0 Å². The van der Waals surface area contributed by atoms with Gasteiger partial charge in [0.05, 0.1) is 0 Å². The molecule has 1 fully saturated rings. The second-order valence-electron chi connectivity index (χ2n) is 5.56. The van der Waals surface area contributed by atoms with Crippen LogP contribution in [0.2, 0.25) is 0 Å². The molecule has 0 amide bonds. The maximum Gasteiger partial charge on any atom is 0.159 e. The molecule has 1 aromatic carbocycles. The first-order valence-corrected chi connectivity index (χ1v) is 7.35. The van der Waals surface area contributed by atoms with E-state index in [1.165, 1.54) is 37.8 Å². The lowest BCUT2D eigenvalue weighted by Gasteiger charge is -2.24. The van der Waals surface area contributed by atoms with Gasteiger partial charge in [-0.15, -0.1) is 0 Å². The Morgan fingerprint density at radius 3 is 2.58 bits per heavy atom. The third kappa shape index (κ3) is 4.00. The van der Waals surface area contributed by atoms with Crippen LogP contribution in [0.5, 0.6) is 0 Å². The van der Waals surface area contributed by atoms with Crippen LogP contribution in [0.1, 0.15) is 38.2 Å². The summed E-state index contributed by atoms with van der Waals surface area (Å²) in [5.74, 6) is -0.224. The molecular formula is C16H23F2N. The van der Waals surface area contributed by atoms with Crippen molar-refractivity contribution in [3.8, 4) is 0 Å². The molecule has 1 unspecified atom stereocenters. The standard InChI is InChI=1S/C16H23F2N/c1-2-19-11-14(13-5-3-4-6-13)9-12-7-8-15(17)16(18)10-12/h7-8,10,13-14,19H,2-6,9,11H2,1H3. The monoisotopic (exact) mass is 267 g/mol. The zero-order chi connectivity index (χ0) is 13.7. The van der Waals surface area contributed by atoms with Crippen molar-refractivity contribution in [3.63, 3.8) is 0 Å². The van der Waals surface area contributed by atoms with Gasteiger partial charge < -0.3 is 5.32 Å². The summed E-state index contributed by atoms with van der Waals surface area (Å²) in [5.41, 5.74) is 0.911. The Morgan fingerprint density at radius 2 is 1.95 bits per heavy atom. The van der Waals surface area contributed by atoms with Gasteiger partial charge in [-0.05, 0) is 49.0 Å². The minimum Gasteiger partial charge on any atom is -0.317 e. The van der Waals surface area contributed by atoms with E-state index in [0.717, 1.165) is 31.0 Å². The lowest BCUT2D eigenvalue weighted by atomic mass is 9.85. The number of rotatable bonds is 6. The van der Waals surface area contributed by atoms with E-state index < -0.39 is 11.6 Å². The van der Waals surface area contributed by atoms with Crippen LogP contribution >= 0.6 is 0 Å². The van der Waals surface area contributed by atoms with Crippen molar-refractivity contribution < 1.29 is 8.78 Å². The molecule has 0 bridgehead atoms. The zero-order valence-corrected chi connectivity index (χ0v) is 11.6. The highest BCUT2D eigenvalue weighted by atomic mass is 19.2. The van der Waals surface area contributed by atoms with E-state index in [1.807, 2.05) is 0 Å². The molecule has 3 heteroatoms. The van der Waals surface area contributed by atoms with Crippen molar-refractivity contribution >= 4 is 0 Å². The van der Waals surface area contributed by atoms with Crippen LogP contribution in [0.3, 0.4) is 0 Å². The fraction of sp³-hybridized carbons (Fsp3) is 0.625. The number of halogens is 2. The number of benzene rings is 1. The lowest BCUT2D eigenvalue weighted by Crippen LogP contribution is -2.28. The summed E-state index contributed by atoms with van der Waals surface area (Å²) >= 11 is 0. The van der Waals surface area contributed by atoms with E-state index in [2.05, 4.69) is 12.2 Å². The van der Waals surface area contributed by atoms with E-state index in [4.69, 9.17) is 0 Å². The van der Waals surface area contributed by atoms with E-state index in [9.17, 15) is 8.78 Å². The van der Waals surface area contributed by atoms with Gasteiger partial charge in [-0.25, -0.2) is 8.78 Å². The molecule has 1 N–H and O–H groups in total. The maximum atomic E-state index is 13.3. The van der Waals surface area contributed by atoms with Gasteiger partial charge in [0.15, 0.2) is 11.6 Å². The Morgan fingerprint density at radius 1 is 1.21 bits per heavy atom. The largest absolute Gasteiger partial charge is 0.317 e. The third-order valence-corrected chi connectivity index (χ3v) is 4.20. The van der Waals surface area contributed by atoms with Crippen molar-refractivity contribution in [1.29, 1.82) is 0 Å². The molecule has 1 aromatic rings. The van der Waals surface area contributed by atoms with Crippen molar-refractivity contribution in [2.75, 3.05) is 13.1 Å². The third-order valence-electron chi connectivity index (χ3n) is 4.20. The molecule has 2 rings (SSSR count). The summed E-state index contributed by atoms with van der Waals surface area (Å²) in [7, 11) is 0. The summed E-state index contributed by atoms with van der Waals surface area (Å²) in [6.45, 7) is 4.03. The van der Waals surface area contributed by atoms with Gasteiger partial charge in [0, 0.05) is 0 Å². The summed E-state index contributed by atoms with van der Waals surface area (Å²) in [4.78, 5) is 0. The molecule has 0 radical (unpaired) electrons. The predicted molar refractivity (Wildman–Crippen MR) is 74.1 cm³/mol. The first-order valence-electron chi connectivity index (χ1n) is 7.35. The highest BCUT2D eigenvalue weighted by Gasteiger charge is 2.25. The molecule has 0 spiro atoms. The van der Waals surface area contributed by atoms with Crippen LogP contribution in [0, 0.1) is 23.5 Å². The molecule has 0 aliphatic heterocycles. The van der Waals surface area contributed by atoms with Gasteiger partial charge in [-0.2, -0.15) is 0 Å². The average molecular weight is 267 g/mol. The molecular weight excluding hydrogens is 244 g/mol. The quantitative estimate of drug-likeness (QED) is 0.823. The van der Waals surface area contributed by atoms with Crippen LogP contribution < -0.4 is 5.32 Å². The molecule has 1 saturated carbocycles. The Hall–Kier alpha value is -0.960. The first kappa shape index (κ1) is 14.4. The maximum absolute atomic E-state index is 13.3. The van der Waals surface area contributed by atoms with Crippen LogP contribution in [0.25, 0.3) is 0 Å². The summed E-state index contributed by atoms with van der Waals surface area (Å²) < 4.78 is 26.2. The Balaban J connectivity index is 2.03. The fourth-order valence-electron chi connectivity index (χ4n) is 3.13. The SMILES string of the molecule is CCNCC(Cc1ccc(F)c(F)c1)C1CCCC1. The normalized spacial score (nSPS) is 17.8. The van der Waals surface area contributed by atoms with Gasteiger partial charge in [-0.1, -0.05) is 38.7 Å². The van der Waals surface area contributed by atoms with E-state index in [1.54, 1.807) is 6.07 Å². The number of hydrogen-bond donors (Lipinski definition) is 1. The van der Waals surface area contributed by atoms with Crippen LogP contribution in [0.15, 0.2) is 18.2 Å². The van der Waals surface area contributed by atoms with Crippen molar-refractivity contribution in [2.24, 2.45) is 11.8 Å². The lowest BCUT2D eigenvalue weighted by molar-refractivity contribution is 0.322. The highest BCUT2D eigenvalue weighted by molar-refractivity contribution is 5.18. The van der Waals surface area contributed by atoms with Gasteiger partial charge >= 0.3 is 0 Å². The minimum atomic E-state index is -0.757. The Bertz CT molecular complexity index is 400. The van der Waals surface area contributed by atoms with Gasteiger partial charge in [0.2, 0.25) is 0 Å².